The fourth-order valence-electron chi connectivity index (χ4n) is 4.27. The number of hydrogen-bond donors (Lipinski definition) is 4. The van der Waals surface area contributed by atoms with Crippen molar-refractivity contribution in [2.24, 2.45) is 11.7 Å². The largest absolute Gasteiger partial charge is 0.451 e. The fraction of sp³-hybridized carbons (Fsp3) is 0.650. The number of piperidine rings is 1. The Hall–Kier alpha value is -1.70. The molecule has 0 spiro atoms. The quantitative estimate of drug-likeness (QED) is 0.391. The number of anilines is 1. The van der Waals surface area contributed by atoms with Crippen molar-refractivity contribution in [1.29, 1.82) is 0 Å². The molecule has 2 aliphatic heterocycles. The van der Waals surface area contributed by atoms with E-state index in [0.29, 0.717) is 12.2 Å². The highest BCUT2D eigenvalue weighted by atomic mass is 16.4. The molecule has 5 N–H and O–H groups in total. The third kappa shape index (κ3) is 7.04. The first-order chi connectivity index (χ1) is 13.5. The second-order valence-electron chi connectivity index (χ2n) is 7.75. The molecule has 3 rings (SSSR count). The van der Waals surface area contributed by atoms with Gasteiger partial charge >= 0.3 is 13.3 Å². The number of nitrogens with one attached hydrogen (secondary N) is 1. The molecule has 1 unspecified atom stereocenters. The van der Waals surface area contributed by atoms with Crippen molar-refractivity contribution in [1.82, 2.24) is 4.90 Å². The molecule has 0 aliphatic carbocycles. The smallest absolute Gasteiger partial charge is 0.427 e. The van der Waals surface area contributed by atoms with Crippen LogP contribution >= 0.6 is 0 Å². The summed E-state index contributed by atoms with van der Waals surface area (Å²) in [5, 5.41) is 21.3. The number of benzene rings is 1. The van der Waals surface area contributed by atoms with E-state index in [2.05, 4.69) is 28.4 Å². The molecule has 28 heavy (non-hydrogen) atoms. The highest BCUT2D eigenvalue weighted by Crippen LogP contribution is 2.29. The van der Waals surface area contributed by atoms with Crippen molar-refractivity contribution in [3.05, 3.63) is 29.3 Å². The normalized spacial score (nSPS) is 17.7. The minimum absolute atomic E-state index is 0.250. The first-order valence-corrected chi connectivity index (χ1v) is 10.2. The topological polar surface area (TPSA) is 116 Å². The number of carbonyl (C=O) groups excluding carboxylic acids is 2. The number of nitrogens with zero attached hydrogens (tertiary/aromatic N) is 1. The van der Waals surface area contributed by atoms with Crippen LogP contribution in [0.1, 0.15) is 43.2 Å². The summed E-state index contributed by atoms with van der Waals surface area (Å²) in [6, 6.07) is 6.93. The molecule has 154 valence electrons. The highest BCUT2D eigenvalue weighted by Gasteiger charge is 2.25. The molecule has 8 heteroatoms. The van der Waals surface area contributed by atoms with Gasteiger partial charge in [-0.15, -0.1) is 0 Å². The molecule has 7 nitrogen and oxygen atoms in total. The maximum Gasteiger partial charge on any atom is 0.451 e. The van der Waals surface area contributed by atoms with E-state index in [-0.39, 0.29) is 12.2 Å². The molecule has 2 heterocycles. The molecule has 0 radical (unpaired) electrons. The lowest BCUT2D eigenvalue weighted by Gasteiger charge is -2.35. The molecule has 0 amide bonds. The van der Waals surface area contributed by atoms with Crippen LogP contribution < -0.4 is 11.1 Å². The van der Waals surface area contributed by atoms with Gasteiger partial charge in [0.1, 0.15) is 0 Å². The van der Waals surface area contributed by atoms with Gasteiger partial charge in [-0.1, -0.05) is 31.0 Å². The Morgan fingerprint density at radius 2 is 1.96 bits per heavy atom. The molecular formula is C20H32BN3O4. The average molecular weight is 389 g/mol. The van der Waals surface area contributed by atoms with E-state index in [0.717, 1.165) is 51.9 Å². The summed E-state index contributed by atoms with van der Waals surface area (Å²) in [6.45, 7) is 4.35. The predicted octanol–water partition coefficient (Wildman–Crippen LogP) is 1.25. The molecule has 1 aromatic carbocycles. The van der Waals surface area contributed by atoms with Gasteiger partial charge in [0, 0.05) is 24.8 Å². The van der Waals surface area contributed by atoms with E-state index in [1.165, 1.54) is 29.7 Å². The van der Waals surface area contributed by atoms with Crippen LogP contribution in [0.3, 0.4) is 0 Å². The molecule has 1 saturated heterocycles. The van der Waals surface area contributed by atoms with Crippen LogP contribution in [0.15, 0.2) is 18.2 Å². The Morgan fingerprint density at radius 3 is 2.64 bits per heavy atom. The van der Waals surface area contributed by atoms with Gasteiger partial charge in [-0.05, 0) is 62.1 Å². The van der Waals surface area contributed by atoms with Crippen LogP contribution in [0.5, 0.6) is 0 Å². The molecule has 0 bridgehead atoms. The standard InChI is InChI=1S/C19H32BN3O2.CO2/c21-18(6-1-2-10-20(24)25)15-8-12-23(13-9-15)14-17-5-3-4-16-7-11-22-19(16)17;2-1-3/h3-5,15,18,22,24-25H,1-2,6-14,21H2;. The van der Waals surface area contributed by atoms with Gasteiger partial charge in [-0.3, -0.25) is 4.90 Å². The first kappa shape index (κ1) is 22.6. The third-order valence-electron chi connectivity index (χ3n) is 5.81. The number of likely N-dealkylation sites (tertiary alicyclic amines) is 1. The van der Waals surface area contributed by atoms with Gasteiger partial charge < -0.3 is 21.1 Å². The summed E-state index contributed by atoms with van der Waals surface area (Å²) in [4.78, 5) is 18.8. The molecule has 1 aromatic rings. The molecule has 2 aliphatic rings. The first-order valence-electron chi connectivity index (χ1n) is 10.2. The summed E-state index contributed by atoms with van der Waals surface area (Å²) in [5.41, 5.74) is 10.6. The van der Waals surface area contributed by atoms with Crippen molar-refractivity contribution in [3.63, 3.8) is 0 Å². The van der Waals surface area contributed by atoms with E-state index in [1.807, 2.05) is 0 Å². The van der Waals surface area contributed by atoms with E-state index in [4.69, 9.17) is 25.4 Å². The van der Waals surface area contributed by atoms with Gasteiger partial charge in [0.2, 0.25) is 0 Å². The van der Waals surface area contributed by atoms with Crippen LogP contribution in [-0.4, -0.2) is 53.9 Å². The number of rotatable bonds is 8. The lowest BCUT2D eigenvalue weighted by molar-refractivity contribution is -0.191. The number of fused-ring (bicyclic) bond motifs is 1. The van der Waals surface area contributed by atoms with Gasteiger partial charge in [0.15, 0.2) is 0 Å². The second-order valence-corrected chi connectivity index (χ2v) is 7.75. The van der Waals surface area contributed by atoms with Crippen LogP contribution in [0.2, 0.25) is 6.32 Å². The number of para-hydroxylation sites is 1. The predicted molar refractivity (Wildman–Crippen MR) is 108 cm³/mol. The Morgan fingerprint density at radius 1 is 1.25 bits per heavy atom. The van der Waals surface area contributed by atoms with Crippen molar-refractivity contribution < 1.29 is 19.6 Å². The summed E-state index contributed by atoms with van der Waals surface area (Å²) < 4.78 is 0. The van der Waals surface area contributed by atoms with E-state index in [1.54, 1.807) is 0 Å². The van der Waals surface area contributed by atoms with E-state index in [9.17, 15) is 0 Å². The highest BCUT2D eigenvalue weighted by molar-refractivity contribution is 6.40. The minimum Gasteiger partial charge on any atom is -0.427 e. The van der Waals surface area contributed by atoms with Crippen LogP contribution in [0.25, 0.3) is 0 Å². The van der Waals surface area contributed by atoms with Gasteiger partial charge in [0.25, 0.3) is 0 Å². The van der Waals surface area contributed by atoms with Crippen molar-refractivity contribution in [3.8, 4) is 0 Å². The Labute approximate surface area is 167 Å². The third-order valence-corrected chi connectivity index (χ3v) is 5.81. The molecule has 0 aromatic heterocycles. The Bertz CT molecular complexity index is 630. The zero-order chi connectivity index (χ0) is 20.4. The SMILES string of the molecule is NC(CCCCB(O)O)C1CCN(Cc2cccc3c2NCC3)CC1.O=C=O. The van der Waals surface area contributed by atoms with Gasteiger partial charge in [0.05, 0.1) is 0 Å². The van der Waals surface area contributed by atoms with Gasteiger partial charge in [-0.2, -0.15) is 9.59 Å². The molecule has 1 fully saturated rings. The zero-order valence-electron chi connectivity index (χ0n) is 16.5. The lowest BCUT2D eigenvalue weighted by atomic mass is 9.82. The maximum atomic E-state index is 8.89. The summed E-state index contributed by atoms with van der Waals surface area (Å²) in [5.74, 6) is 0.606. The fourth-order valence-corrected chi connectivity index (χ4v) is 4.27. The van der Waals surface area contributed by atoms with E-state index < -0.39 is 7.12 Å². The zero-order valence-corrected chi connectivity index (χ0v) is 16.5. The van der Waals surface area contributed by atoms with Gasteiger partial charge in [-0.25, -0.2) is 0 Å². The number of nitrogens with two attached hydrogens (primary N) is 1. The number of hydrogen-bond acceptors (Lipinski definition) is 7. The Kier molecular flexibility index (Phi) is 9.68. The van der Waals surface area contributed by atoms with Crippen molar-refractivity contribution >= 4 is 19.0 Å². The van der Waals surface area contributed by atoms with E-state index >= 15 is 0 Å². The molecular weight excluding hydrogens is 357 g/mol. The van der Waals surface area contributed by atoms with Crippen LogP contribution in [0.4, 0.5) is 5.69 Å². The van der Waals surface area contributed by atoms with Crippen LogP contribution in [-0.2, 0) is 22.6 Å². The van der Waals surface area contributed by atoms with Crippen LogP contribution in [0, 0.1) is 5.92 Å². The van der Waals surface area contributed by atoms with Crippen molar-refractivity contribution in [2.75, 3.05) is 25.0 Å². The monoisotopic (exact) mass is 389 g/mol. The maximum absolute atomic E-state index is 8.89. The second kappa shape index (κ2) is 12.0. The Balaban J connectivity index is 0.000000878. The lowest BCUT2D eigenvalue weighted by Crippen LogP contribution is -2.40. The molecule has 1 atom stereocenters. The minimum atomic E-state index is -1.17. The summed E-state index contributed by atoms with van der Waals surface area (Å²) >= 11 is 0. The van der Waals surface area contributed by atoms with Crippen molar-refractivity contribution in [2.45, 2.75) is 57.4 Å². The molecule has 0 saturated carbocycles. The summed E-state index contributed by atoms with van der Waals surface area (Å²) in [6.07, 6.45) is 7.02. The number of unbranched alkanes of at least 4 members (excludes halogenated alkanes) is 1. The summed E-state index contributed by atoms with van der Waals surface area (Å²) in [7, 11) is -1.17. The average Bonchev–Trinajstić information content (AvgIpc) is 3.16.